The lowest BCUT2D eigenvalue weighted by Gasteiger charge is -2.23. The Morgan fingerprint density at radius 3 is 2.48 bits per heavy atom. The lowest BCUT2D eigenvalue weighted by atomic mass is 9.88. The van der Waals surface area contributed by atoms with E-state index < -0.39 is 0 Å². The first kappa shape index (κ1) is 18.2. The predicted octanol–water partition coefficient (Wildman–Crippen LogP) is 5.75. The summed E-state index contributed by atoms with van der Waals surface area (Å²) in [5.74, 6) is 1.14. The highest BCUT2D eigenvalue weighted by Crippen LogP contribution is 2.39. The van der Waals surface area contributed by atoms with Gasteiger partial charge in [0, 0.05) is 27.9 Å². The Kier molecular flexibility index (Phi) is 4.81. The van der Waals surface area contributed by atoms with Crippen molar-refractivity contribution in [1.29, 1.82) is 0 Å². The molecular formula is C24H31N3. The van der Waals surface area contributed by atoms with Crippen molar-refractivity contribution in [2.75, 3.05) is 13.1 Å². The zero-order valence-electron chi connectivity index (χ0n) is 17.2. The van der Waals surface area contributed by atoms with Crippen molar-refractivity contribution in [2.45, 2.75) is 59.3 Å². The molecule has 0 amide bonds. The molecule has 3 nitrogen and oxygen atoms in total. The first-order valence-corrected chi connectivity index (χ1v) is 10.3. The van der Waals surface area contributed by atoms with Crippen LogP contribution in [0, 0.1) is 20.8 Å². The van der Waals surface area contributed by atoms with Gasteiger partial charge >= 0.3 is 0 Å². The SMILES string of the molecule is Cc1cc(-c2[nH]c3ccc(C4CCNCC4)cc3c2C(C)C)c(C)c(C)n1. The second-order valence-corrected chi connectivity index (χ2v) is 8.42. The van der Waals surface area contributed by atoms with Gasteiger partial charge in [-0.3, -0.25) is 4.98 Å². The van der Waals surface area contributed by atoms with Crippen molar-refractivity contribution < 1.29 is 0 Å². The molecule has 4 rings (SSSR count). The molecule has 3 aromatic rings. The first-order chi connectivity index (χ1) is 13.0. The van der Waals surface area contributed by atoms with Crippen molar-refractivity contribution >= 4 is 10.9 Å². The van der Waals surface area contributed by atoms with Crippen LogP contribution in [0.25, 0.3) is 22.2 Å². The average Bonchev–Trinajstić information content (AvgIpc) is 3.04. The molecule has 27 heavy (non-hydrogen) atoms. The zero-order valence-corrected chi connectivity index (χ0v) is 17.2. The van der Waals surface area contributed by atoms with Crippen molar-refractivity contribution in [2.24, 2.45) is 0 Å². The summed E-state index contributed by atoms with van der Waals surface area (Å²) in [7, 11) is 0. The quantitative estimate of drug-likeness (QED) is 0.624. The van der Waals surface area contributed by atoms with E-state index in [1.165, 1.54) is 51.7 Å². The van der Waals surface area contributed by atoms with E-state index in [4.69, 9.17) is 0 Å². The molecule has 0 saturated carbocycles. The van der Waals surface area contributed by atoms with Crippen LogP contribution < -0.4 is 5.32 Å². The van der Waals surface area contributed by atoms with Gasteiger partial charge in [-0.15, -0.1) is 0 Å². The Hall–Kier alpha value is -2.13. The Labute approximate surface area is 162 Å². The number of nitrogens with one attached hydrogen (secondary N) is 2. The van der Waals surface area contributed by atoms with Gasteiger partial charge in [0.2, 0.25) is 0 Å². The van der Waals surface area contributed by atoms with Crippen molar-refractivity contribution in [1.82, 2.24) is 15.3 Å². The summed E-state index contributed by atoms with van der Waals surface area (Å²) in [6, 6.07) is 9.31. The Bertz CT molecular complexity index is 975. The third-order valence-corrected chi connectivity index (χ3v) is 6.16. The summed E-state index contributed by atoms with van der Waals surface area (Å²) < 4.78 is 0. The van der Waals surface area contributed by atoms with Crippen LogP contribution in [-0.4, -0.2) is 23.1 Å². The Morgan fingerprint density at radius 1 is 1.04 bits per heavy atom. The fourth-order valence-corrected chi connectivity index (χ4v) is 4.60. The largest absolute Gasteiger partial charge is 0.354 e. The molecule has 0 radical (unpaired) electrons. The number of aryl methyl sites for hydroxylation is 2. The third-order valence-electron chi connectivity index (χ3n) is 6.16. The van der Waals surface area contributed by atoms with E-state index in [1.807, 2.05) is 0 Å². The highest BCUT2D eigenvalue weighted by atomic mass is 14.9. The maximum absolute atomic E-state index is 4.64. The highest BCUT2D eigenvalue weighted by molar-refractivity contribution is 5.92. The van der Waals surface area contributed by atoms with Gasteiger partial charge in [-0.25, -0.2) is 0 Å². The molecule has 1 aliphatic heterocycles. The Balaban J connectivity index is 1.90. The Morgan fingerprint density at radius 2 is 1.78 bits per heavy atom. The molecule has 2 N–H and O–H groups in total. The molecule has 3 heterocycles. The normalized spacial score (nSPS) is 15.8. The maximum Gasteiger partial charge on any atom is 0.0504 e. The number of H-pyrrole nitrogens is 1. The van der Waals surface area contributed by atoms with E-state index in [9.17, 15) is 0 Å². The summed E-state index contributed by atoms with van der Waals surface area (Å²) in [4.78, 5) is 8.39. The molecule has 2 aromatic heterocycles. The number of aromatic amines is 1. The van der Waals surface area contributed by atoms with Crippen LogP contribution in [0.1, 0.15) is 66.6 Å². The molecule has 1 aliphatic rings. The molecule has 0 spiro atoms. The molecule has 142 valence electrons. The number of rotatable bonds is 3. The van der Waals surface area contributed by atoms with Crippen molar-refractivity contribution in [3.05, 3.63) is 52.3 Å². The molecule has 0 aliphatic carbocycles. The predicted molar refractivity (Wildman–Crippen MR) is 115 cm³/mol. The van der Waals surface area contributed by atoms with E-state index in [0.29, 0.717) is 11.8 Å². The van der Waals surface area contributed by atoms with Crippen LogP contribution in [0.4, 0.5) is 0 Å². The first-order valence-electron chi connectivity index (χ1n) is 10.3. The lowest BCUT2D eigenvalue weighted by Crippen LogP contribution is -2.26. The summed E-state index contributed by atoms with van der Waals surface area (Å²) >= 11 is 0. The summed E-state index contributed by atoms with van der Waals surface area (Å²) in [6.07, 6.45) is 2.48. The third kappa shape index (κ3) is 3.29. The van der Waals surface area contributed by atoms with E-state index in [2.05, 4.69) is 74.2 Å². The molecule has 0 unspecified atom stereocenters. The molecular weight excluding hydrogens is 330 g/mol. The van der Waals surface area contributed by atoms with E-state index in [0.717, 1.165) is 24.5 Å². The van der Waals surface area contributed by atoms with Gasteiger partial charge in [-0.05, 0) is 93.4 Å². The number of hydrogen-bond donors (Lipinski definition) is 2. The molecule has 3 heteroatoms. The summed E-state index contributed by atoms with van der Waals surface area (Å²) in [6.45, 7) is 13.3. The van der Waals surface area contributed by atoms with E-state index >= 15 is 0 Å². The number of piperidine rings is 1. The summed E-state index contributed by atoms with van der Waals surface area (Å²) in [5.41, 5.74) is 10.2. The van der Waals surface area contributed by atoms with Gasteiger partial charge in [-0.2, -0.15) is 0 Å². The number of benzene rings is 1. The fraction of sp³-hybridized carbons (Fsp3) is 0.458. The number of aromatic nitrogens is 2. The fourth-order valence-electron chi connectivity index (χ4n) is 4.60. The lowest BCUT2D eigenvalue weighted by molar-refractivity contribution is 0.460. The van der Waals surface area contributed by atoms with Gasteiger partial charge in [0.1, 0.15) is 0 Å². The van der Waals surface area contributed by atoms with Crippen LogP contribution in [0.3, 0.4) is 0 Å². The average molecular weight is 362 g/mol. The number of nitrogens with zero attached hydrogens (tertiary/aromatic N) is 1. The second kappa shape index (κ2) is 7.12. The van der Waals surface area contributed by atoms with Crippen LogP contribution in [0.5, 0.6) is 0 Å². The van der Waals surface area contributed by atoms with Crippen LogP contribution >= 0.6 is 0 Å². The molecule has 0 bridgehead atoms. The smallest absolute Gasteiger partial charge is 0.0504 e. The maximum atomic E-state index is 4.64. The minimum atomic E-state index is 0.463. The number of fused-ring (bicyclic) bond motifs is 1. The van der Waals surface area contributed by atoms with Gasteiger partial charge in [-0.1, -0.05) is 19.9 Å². The molecule has 1 aromatic carbocycles. The van der Waals surface area contributed by atoms with Crippen molar-refractivity contribution in [3.8, 4) is 11.3 Å². The van der Waals surface area contributed by atoms with Crippen LogP contribution in [0.15, 0.2) is 24.3 Å². The summed E-state index contributed by atoms with van der Waals surface area (Å²) in [5, 5.41) is 4.87. The topological polar surface area (TPSA) is 40.7 Å². The second-order valence-electron chi connectivity index (χ2n) is 8.42. The highest BCUT2D eigenvalue weighted by Gasteiger charge is 2.21. The number of hydrogen-bond acceptors (Lipinski definition) is 2. The van der Waals surface area contributed by atoms with Gasteiger partial charge in [0.15, 0.2) is 0 Å². The van der Waals surface area contributed by atoms with Gasteiger partial charge in [0.25, 0.3) is 0 Å². The van der Waals surface area contributed by atoms with Crippen LogP contribution in [0.2, 0.25) is 0 Å². The number of pyridine rings is 1. The minimum absolute atomic E-state index is 0.463. The van der Waals surface area contributed by atoms with E-state index in [1.54, 1.807) is 0 Å². The molecule has 1 fully saturated rings. The molecule has 1 saturated heterocycles. The molecule has 0 atom stereocenters. The standard InChI is InChI=1S/C24H31N3/c1-14(2)23-21-13-19(18-8-10-25-11-9-18)6-7-22(21)27-24(23)20-12-15(3)26-17(5)16(20)4/h6-7,12-14,18,25,27H,8-11H2,1-5H3. The van der Waals surface area contributed by atoms with Crippen molar-refractivity contribution in [3.63, 3.8) is 0 Å². The van der Waals surface area contributed by atoms with Crippen LogP contribution in [-0.2, 0) is 0 Å². The monoisotopic (exact) mass is 361 g/mol. The zero-order chi connectivity index (χ0) is 19.1. The van der Waals surface area contributed by atoms with E-state index in [-0.39, 0.29) is 0 Å². The van der Waals surface area contributed by atoms with Gasteiger partial charge < -0.3 is 10.3 Å². The minimum Gasteiger partial charge on any atom is -0.354 e. The van der Waals surface area contributed by atoms with Gasteiger partial charge in [0.05, 0.1) is 5.69 Å².